The van der Waals surface area contributed by atoms with Crippen molar-refractivity contribution in [1.82, 2.24) is 0 Å². The fraction of sp³-hybridized carbons (Fsp3) is 0.286. The van der Waals surface area contributed by atoms with Crippen LogP contribution in [0.4, 0.5) is 0 Å². The van der Waals surface area contributed by atoms with Crippen LogP contribution < -0.4 is 35.2 Å². The molecule has 0 amide bonds. The third-order valence-electron chi connectivity index (χ3n) is 6.68. The zero-order valence-corrected chi connectivity index (χ0v) is 25.3. The Hall–Kier alpha value is -0.933. The average molecular weight is 647 g/mol. The normalized spacial score (nSPS) is 16.7. The van der Waals surface area contributed by atoms with Crippen molar-refractivity contribution in [3.05, 3.63) is 109 Å². The summed E-state index contributed by atoms with van der Waals surface area (Å²) >= 11 is -2.48. The molecule has 0 heterocycles. The van der Waals surface area contributed by atoms with E-state index in [-0.39, 0.29) is 24.8 Å². The monoisotopic (exact) mass is 647 g/mol. The van der Waals surface area contributed by atoms with Gasteiger partial charge in [0.2, 0.25) is 0 Å². The second-order valence-electron chi connectivity index (χ2n) is 8.69. The van der Waals surface area contributed by atoms with Crippen molar-refractivity contribution in [3.63, 3.8) is 0 Å². The molecule has 0 fully saturated rings. The van der Waals surface area contributed by atoms with Crippen molar-refractivity contribution >= 4 is 16.4 Å². The third kappa shape index (κ3) is 5.41. The van der Waals surface area contributed by atoms with E-state index in [0.29, 0.717) is 6.34 Å². The fourth-order valence-corrected chi connectivity index (χ4v) is 48.2. The van der Waals surface area contributed by atoms with E-state index in [1.165, 1.54) is 25.7 Å². The van der Waals surface area contributed by atoms with Gasteiger partial charge in [0.15, 0.2) is 0 Å². The second kappa shape index (κ2) is 12.5. The van der Waals surface area contributed by atoms with Gasteiger partial charge in [0, 0.05) is 0 Å². The number of benzene rings is 2. The Morgan fingerprint density at radius 3 is 1.25 bits per heavy atom. The van der Waals surface area contributed by atoms with Crippen LogP contribution in [-0.4, -0.2) is 5.98 Å². The summed E-state index contributed by atoms with van der Waals surface area (Å²) in [7, 11) is 0. The summed E-state index contributed by atoms with van der Waals surface area (Å²) in [5.74, 6) is -1.36. The Kier molecular flexibility index (Phi) is 10.7. The van der Waals surface area contributed by atoms with Crippen molar-refractivity contribution in [2.24, 2.45) is 0 Å². The van der Waals surface area contributed by atoms with Gasteiger partial charge in [-0.2, -0.15) is 0 Å². The molecule has 32 heavy (non-hydrogen) atoms. The van der Waals surface area contributed by atoms with Gasteiger partial charge in [-0.3, -0.25) is 0 Å². The van der Waals surface area contributed by atoms with Crippen molar-refractivity contribution in [3.8, 4) is 0 Å². The molecule has 0 bridgehead atoms. The summed E-state index contributed by atoms with van der Waals surface area (Å²) in [5.41, 5.74) is 0. The predicted octanol–water partition coefficient (Wildman–Crippen LogP) is 0.320. The van der Waals surface area contributed by atoms with Crippen LogP contribution in [0.25, 0.3) is 0 Å². The largest absolute Gasteiger partial charge is 1.00 e. The van der Waals surface area contributed by atoms with E-state index in [0.717, 1.165) is 0 Å². The van der Waals surface area contributed by atoms with Crippen molar-refractivity contribution in [1.29, 1.82) is 0 Å². The summed E-state index contributed by atoms with van der Waals surface area (Å²) in [6, 6.07) is 23.2. The van der Waals surface area contributed by atoms with E-state index < -0.39 is 26.6 Å². The topological polar surface area (TPSA) is 0 Å². The zero-order chi connectivity index (χ0) is 20.9. The standard InChI is InChI=1S/C12H11Si.2C8H11.2ClH.Hf/c1-3-7-11(8-4-1)13-12-9-5-2-6-10-12;2*1-2-5-8-6-3-4-7-8;;;/h1-10,13H;2*3-4,6-7H,2,5H2,1H3;2*1H;/q;;;;;+2/p-2. The molecule has 0 saturated heterocycles. The molecular weight excluding hydrogens is 614 g/mol. The second-order valence-corrected chi connectivity index (χ2v) is 31.5. The van der Waals surface area contributed by atoms with E-state index in [1.54, 1.807) is 10.4 Å². The molecule has 2 aromatic rings. The first-order valence-corrected chi connectivity index (χ1v) is 23.0. The summed E-state index contributed by atoms with van der Waals surface area (Å²) in [6.07, 6.45) is 25.0. The molecule has 4 rings (SSSR count). The summed E-state index contributed by atoms with van der Waals surface area (Å²) < 4.78 is 0.659. The van der Waals surface area contributed by atoms with Gasteiger partial charge in [-0.25, -0.2) is 0 Å². The molecule has 0 aliphatic heterocycles. The number of halogens is 2. The molecule has 0 spiro atoms. The number of rotatable bonds is 9. The van der Waals surface area contributed by atoms with Crippen LogP contribution in [0.3, 0.4) is 0 Å². The number of hydrogen-bond donors (Lipinski definition) is 0. The fourth-order valence-electron chi connectivity index (χ4n) is 5.60. The first-order chi connectivity index (χ1) is 14.7. The Bertz CT molecular complexity index is 848. The zero-order valence-electron chi connectivity index (χ0n) is 19.1. The molecule has 0 nitrogen and oxygen atoms in total. The van der Waals surface area contributed by atoms with Crippen LogP contribution in [0.2, 0.25) is 6.34 Å². The van der Waals surface area contributed by atoms with Gasteiger partial charge in [-0.05, 0) is 0 Å². The van der Waals surface area contributed by atoms with Gasteiger partial charge < -0.3 is 24.8 Å². The van der Waals surface area contributed by atoms with E-state index in [2.05, 4.69) is 123 Å². The maximum Gasteiger partial charge on any atom is -1.00 e. The van der Waals surface area contributed by atoms with Gasteiger partial charge in [0.25, 0.3) is 0 Å². The SMILES string of the molecule is CCC[C]1([Hf+2]([SiH](c2ccccc2)c2ccccc2)[C]2(CCC)C=CC=C2)C=CC=C1.[Cl-].[Cl-]. The van der Waals surface area contributed by atoms with Gasteiger partial charge >= 0.3 is 192 Å². The first-order valence-electron chi connectivity index (χ1n) is 11.5. The van der Waals surface area contributed by atoms with E-state index in [4.69, 9.17) is 0 Å². The summed E-state index contributed by atoms with van der Waals surface area (Å²) in [6.45, 7) is 4.75. The minimum Gasteiger partial charge on any atom is -1.00 e. The van der Waals surface area contributed by atoms with Crippen LogP contribution in [0.15, 0.2) is 109 Å². The van der Waals surface area contributed by atoms with Gasteiger partial charge in [0.05, 0.1) is 0 Å². The molecule has 0 radical (unpaired) electrons. The number of allylic oxidation sites excluding steroid dienone is 8. The van der Waals surface area contributed by atoms with E-state index >= 15 is 0 Å². The molecule has 0 unspecified atom stereocenters. The summed E-state index contributed by atoms with van der Waals surface area (Å²) in [5, 5.41) is 3.30. The smallest absolute Gasteiger partial charge is 1.00 e. The van der Waals surface area contributed by atoms with Crippen LogP contribution in [0, 0.1) is 0 Å². The number of hydrogen-bond acceptors (Lipinski definition) is 0. The molecule has 0 saturated carbocycles. The Balaban J connectivity index is 0.00000181. The minimum absolute atomic E-state index is 0. The maximum atomic E-state index is 2.63. The molecule has 2 aromatic carbocycles. The van der Waals surface area contributed by atoms with Gasteiger partial charge in [-0.1, -0.05) is 0 Å². The third-order valence-corrected chi connectivity index (χ3v) is 43.0. The first kappa shape index (κ1) is 27.3. The molecule has 0 atom stereocenters. The molecule has 2 aliphatic rings. The van der Waals surface area contributed by atoms with Crippen LogP contribution in [0.1, 0.15) is 39.5 Å². The maximum absolute atomic E-state index is 2.63. The summed E-state index contributed by atoms with van der Waals surface area (Å²) in [4.78, 5) is 0. The molecule has 0 aromatic heterocycles. The quantitative estimate of drug-likeness (QED) is 0.345. The van der Waals surface area contributed by atoms with Crippen molar-refractivity contribution < 1.29 is 45.4 Å². The van der Waals surface area contributed by atoms with Gasteiger partial charge in [-0.15, -0.1) is 0 Å². The van der Waals surface area contributed by atoms with E-state index in [1.807, 2.05) is 0 Å². The molecule has 4 heteroatoms. The van der Waals surface area contributed by atoms with Crippen LogP contribution in [0.5, 0.6) is 0 Å². The van der Waals surface area contributed by atoms with E-state index in [9.17, 15) is 0 Å². The Morgan fingerprint density at radius 1 is 0.594 bits per heavy atom. The van der Waals surface area contributed by atoms with Crippen molar-refractivity contribution in [2.45, 2.75) is 45.9 Å². The van der Waals surface area contributed by atoms with Crippen molar-refractivity contribution in [2.75, 3.05) is 0 Å². The van der Waals surface area contributed by atoms with Crippen LogP contribution in [-0.2, 0) is 20.6 Å². The average Bonchev–Trinajstić information content (AvgIpc) is 3.45. The Morgan fingerprint density at radius 2 is 0.938 bits per heavy atom. The van der Waals surface area contributed by atoms with Crippen LogP contribution >= 0.6 is 0 Å². The predicted molar refractivity (Wildman–Crippen MR) is 131 cm³/mol. The molecular formula is C28H33Cl2HfSi. The minimum atomic E-state index is -2.48. The molecule has 0 N–H and O–H groups in total. The molecule has 167 valence electrons. The Labute approximate surface area is 215 Å². The molecule has 2 aliphatic carbocycles. The van der Waals surface area contributed by atoms with Gasteiger partial charge in [0.1, 0.15) is 0 Å².